The number of aryl methyl sites for hydroxylation is 1. The molecule has 0 aromatic carbocycles. The topological polar surface area (TPSA) is 98.1 Å². The molecule has 1 amide bonds. The Morgan fingerprint density at radius 1 is 1.52 bits per heavy atom. The van der Waals surface area contributed by atoms with Gasteiger partial charge in [-0.3, -0.25) is 4.79 Å². The predicted molar refractivity (Wildman–Crippen MR) is 72.3 cm³/mol. The number of rotatable bonds is 6. The van der Waals surface area contributed by atoms with Gasteiger partial charge in [0.25, 0.3) is 5.91 Å². The average molecular weight is 367 g/mol. The van der Waals surface area contributed by atoms with Gasteiger partial charge in [0.1, 0.15) is 12.9 Å². The van der Waals surface area contributed by atoms with E-state index in [4.69, 9.17) is 4.84 Å². The van der Waals surface area contributed by atoms with Gasteiger partial charge in [0, 0.05) is 46.0 Å². The van der Waals surface area contributed by atoms with Crippen LogP contribution in [-0.4, -0.2) is 42.0 Å². The summed E-state index contributed by atoms with van der Waals surface area (Å²) in [6.07, 6.45) is 3.98. The maximum Gasteiger partial charge on any atom is 0.273 e. The summed E-state index contributed by atoms with van der Waals surface area (Å²) in [5.74, 6) is 0.136. The van der Waals surface area contributed by atoms with Crippen molar-refractivity contribution in [1.82, 2.24) is 15.3 Å². The van der Waals surface area contributed by atoms with Crippen molar-refractivity contribution in [1.29, 1.82) is 0 Å². The van der Waals surface area contributed by atoms with Crippen LogP contribution in [0.4, 0.5) is 0 Å². The van der Waals surface area contributed by atoms with Crippen LogP contribution >= 0.6 is 0 Å². The summed E-state index contributed by atoms with van der Waals surface area (Å²) in [5.41, 5.74) is 0.970. The molecule has 1 heterocycles. The van der Waals surface area contributed by atoms with Crippen molar-refractivity contribution in [3.05, 3.63) is 23.3 Å². The molecule has 0 saturated carbocycles. The van der Waals surface area contributed by atoms with E-state index >= 15 is 0 Å². The molecule has 0 aliphatic heterocycles. The molecule has 9 heteroatoms. The molecule has 0 fully saturated rings. The van der Waals surface area contributed by atoms with Crippen LogP contribution in [0.5, 0.6) is 0 Å². The number of nitrogens with zero attached hydrogens (tertiary/aromatic N) is 4. The van der Waals surface area contributed by atoms with E-state index < -0.39 is 5.91 Å². The van der Waals surface area contributed by atoms with Gasteiger partial charge in [-0.1, -0.05) is 5.16 Å². The number of carbonyl (C=O) groups excluding carboxylic acids is 1. The van der Waals surface area contributed by atoms with Crippen molar-refractivity contribution < 1.29 is 47.2 Å². The van der Waals surface area contributed by atoms with E-state index in [1.807, 2.05) is 0 Å². The van der Waals surface area contributed by atoms with Gasteiger partial charge in [0.05, 0.1) is 11.3 Å². The van der Waals surface area contributed by atoms with E-state index in [9.17, 15) is 4.79 Å². The number of nitrogens with one attached hydrogen (secondary N) is 1. The molecule has 8 nitrogen and oxygen atoms in total. The third-order valence-corrected chi connectivity index (χ3v) is 2.23. The van der Waals surface area contributed by atoms with Gasteiger partial charge >= 0.3 is 0 Å². The molecular weight excluding hydrogens is 351 g/mol. The molecule has 0 spiro atoms. The second-order valence-corrected chi connectivity index (χ2v) is 3.57. The number of oxime groups is 1. The zero-order valence-corrected chi connectivity index (χ0v) is 15.2. The Labute approximate surface area is 148 Å². The molecule has 21 heavy (non-hydrogen) atoms. The fourth-order valence-corrected chi connectivity index (χ4v) is 1.41. The van der Waals surface area contributed by atoms with E-state index in [0.29, 0.717) is 17.1 Å². The van der Waals surface area contributed by atoms with E-state index in [2.05, 4.69) is 36.6 Å². The second-order valence-electron chi connectivity index (χ2n) is 3.57. The molecule has 0 aliphatic rings. The first-order valence-electron chi connectivity index (χ1n) is 5.78. The summed E-state index contributed by atoms with van der Waals surface area (Å²) in [7, 11) is 2.85. The van der Waals surface area contributed by atoms with Crippen molar-refractivity contribution in [2.75, 3.05) is 14.2 Å². The Morgan fingerprint density at radius 2 is 2.24 bits per heavy atom. The normalized spacial score (nSPS) is 11.0. The minimum absolute atomic E-state index is 0. The van der Waals surface area contributed by atoms with Crippen molar-refractivity contribution >= 4 is 17.8 Å². The Kier molecular flexibility index (Phi) is 9.65. The third kappa shape index (κ3) is 5.85. The van der Waals surface area contributed by atoms with Gasteiger partial charge in [-0.05, 0) is 6.92 Å². The zero-order chi connectivity index (χ0) is 15.0. The zero-order valence-electron chi connectivity index (χ0n) is 12.4. The number of amides is 1. The van der Waals surface area contributed by atoms with Crippen molar-refractivity contribution in [2.45, 2.75) is 20.5 Å². The van der Waals surface area contributed by atoms with E-state index in [1.54, 1.807) is 13.8 Å². The predicted octanol–water partition coefficient (Wildman–Crippen LogP) is 0.278. The monoisotopic (exact) mass is 367 g/mol. The molecule has 1 aromatic heterocycles. The molecule has 0 aliphatic carbocycles. The first-order chi connectivity index (χ1) is 9.63. The van der Waals surface area contributed by atoms with Crippen LogP contribution in [0.25, 0.3) is 0 Å². The minimum atomic E-state index is -0.411. The van der Waals surface area contributed by atoms with Crippen LogP contribution in [0.1, 0.15) is 24.0 Å². The van der Waals surface area contributed by atoms with Gasteiger partial charge in [0.2, 0.25) is 0 Å². The van der Waals surface area contributed by atoms with Gasteiger partial charge in [-0.15, -0.1) is 0 Å². The summed E-state index contributed by atoms with van der Waals surface area (Å²) >= 11 is 0. The SMILES string of the molecule is C[C-]=NOCc1nc(C)ncc1/C(=N\OC)C(=O)NC.[Y]. The summed E-state index contributed by atoms with van der Waals surface area (Å²) in [4.78, 5) is 29.8. The molecule has 1 radical (unpaired) electrons. The van der Waals surface area contributed by atoms with Crippen LogP contribution < -0.4 is 5.32 Å². The average Bonchev–Trinajstić information content (AvgIpc) is 2.45. The Balaban J connectivity index is 0.00000400. The Morgan fingerprint density at radius 3 is 2.81 bits per heavy atom. The Hall–Kier alpha value is -1.41. The van der Waals surface area contributed by atoms with Gasteiger partial charge < -0.3 is 26.4 Å². The standard InChI is InChI=1S/C12H16N5O3.Y/c1-5-15-20-7-10-9(6-14-8(2)16-10)11(17-19-4)12(18)13-3;/h6H,7H2,1-4H3,(H,13,18);/q-1;/b17-11+;. The first-order valence-corrected chi connectivity index (χ1v) is 5.78. The third-order valence-electron chi connectivity index (χ3n) is 2.23. The summed E-state index contributed by atoms with van der Waals surface area (Å²) in [6, 6.07) is 0. The number of likely N-dealkylation sites (N-methyl/N-ethyl adjacent to an activating group) is 1. The van der Waals surface area contributed by atoms with Crippen molar-refractivity contribution in [3.8, 4) is 0 Å². The Bertz CT molecular complexity index is 534. The van der Waals surface area contributed by atoms with Crippen LogP contribution in [-0.2, 0) is 53.8 Å². The van der Waals surface area contributed by atoms with Crippen LogP contribution in [0.15, 0.2) is 16.5 Å². The quantitative estimate of drug-likeness (QED) is 0.442. The number of hydrogen-bond acceptors (Lipinski definition) is 7. The molecule has 111 valence electrons. The molecular formula is C12H16N5O3Y-. The van der Waals surface area contributed by atoms with E-state index in [0.717, 1.165) is 0 Å². The minimum Gasteiger partial charge on any atom is -0.426 e. The molecule has 0 atom stereocenters. The van der Waals surface area contributed by atoms with Crippen LogP contribution in [0.3, 0.4) is 0 Å². The number of hydrogen-bond donors (Lipinski definition) is 1. The van der Waals surface area contributed by atoms with Crippen LogP contribution in [0.2, 0.25) is 0 Å². The molecule has 0 unspecified atom stereocenters. The second kappa shape index (κ2) is 10.3. The van der Waals surface area contributed by atoms with Crippen molar-refractivity contribution in [2.24, 2.45) is 10.3 Å². The molecule has 0 bridgehead atoms. The molecule has 1 N–H and O–H groups in total. The van der Waals surface area contributed by atoms with Gasteiger partial charge in [-0.25, -0.2) is 9.97 Å². The van der Waals surface area contributed by atoms with Crippen molar-refractivity contribution in [3.63, 3.8) is 0 Å². The molecule has 1 aromatic rings. The fraction of sp³-hybridized carbons (Fsp3) is 0.417. The molecule has 1 rings (SSSR count). The number of carbonyl (C=O) groups is 1. The summed E-state index contributed by atoms with van der Waals surface area (Å²) < 4.78 is 0. The maximum absolute atomic E-state index is 11.8. The molecule has 0 saturated heterocycles. The van der Waals surface area contributed by atoms with E-state index in [-0.39, 0.29) is 45.0 Å². The van der Waals surface area contributed by atoms with Crippen LogP contribution in [0, 0.1) is 6.92 Å². The largest absolute Gasteiger partial charge is 0.426 e. The number of aromatic nitrogens is 2. The van der Waals surface area contributed by atoms with E-state index in [1.165, 1.54) is 20.4 Å². The first kappa shape index (κ1) is 19.6. The summed E-state index contributed by atoms with van der Waals surface area (Å²) in [6.45, 7) is 3.41. The van der Waals surface area contributed by atoms with Gasteiger partial charge in [-0.2, -0.15) is 6.92 Å². The smallest absolute Gasteiger partial charge is 0.273 e. The maximum atomic E-state index is 11.8. The fourth-order valence-electron chi connectivity index (χ4n) is 1.41. The van der Waals surface area contributed by atoms with Gasteiger partial charge in [0.15, 0.2) is 12.3 Å². The summed E-state index contributed by atoms with van der Waals surface area (Å²) in [5, 5.41) is 9.71.